The second-order valence-electron chi connectivity index (χ2n) is 5.06. The first-order valence-electron chi connectivity index (χ1n) is 6.17. The lowest BCUT2D eigenvalue weighted by Gasteiger charge is -2.43. The van der Waals surface area contributed by atoms with Gasteiger partial charge in [-0.25, -0.2) is 17.2 Å². The first kappa shape index (κ1) is 14.9. The van der Waals surface area contributed by atoms with Gasteiger partial charge in [0.25, 0.3) is 0 Å². The van der Waals surface area contributed by atoms with Crippen molar-refractivity contribution in [3.05, 3.63) is 29.8 Å². The lowest BCUT2D eigenvalue weighted by Crippen LogP contribution is -2.56. The van der Waals surface area contributed by atoms with Gasteiger partial charge in [-0.2, -0.15) is 0 Å². The first-order chi connectivity index (χ1) is 9.24. The third-order valence-corrected chi connectivity index (χ3v) is 6.35. The summed E-state index contributed by atoms with van der Waals surface area (Å²) in [6.07, 6.45) is 0.576. The van der Waals surface area contributed by atoms with Crippen LogP contribution in [0, 0.1) is 17.6 Å². The molecule has 0 radical (unpaired) electrons. The van der Waals surface area contributed by atoms with Crippen LogP contribution in [0.3, 0.4) is 0 Å². The molecule has 0 heterocycles. The second kappa shape index (κ2) is 4.80. The fourth-order valence-electron chi connectivity index (χ4n) is 2.57. The second-order valence-corrected chi connectivity index (χ2v) is 7.29. The molecule has 1 aromatic rings. The van der Waals surface area contributed by atoms with E-state index in [9.17, 15) is 27.1 Å². The van der Waals surface area contributed by atoms with E-state index in [1.807, 2.05) is 6.92 Å². The van der Waals surface area contributed by atoms with Crippen LogP contribution < -0.4 is 0 Å². The van der Waals surface area contributed by atoms with E-state index >= 15 is 0 Å². The highest BCUT2D eigenvalue weighted by molar-refractivity contribution is 7.93. The molecule has 0 atom stereocenters. The van der Waals surface area contributed by atoms with Crippen molar-refractivity contribution in [2.24, 2.45) is 5.92 Å². The number of rotatable bonds is 4. The van der Waals surface area contributed by atoms with E-state index in [1.165, 1.54) is 0 Å². The molecule has 7 heteroatoms. The van der Waals surface area contributed by atoms with Crippen LogP contribution in [0.4, 0.5) is 8.78 Å². The zero-order valence-electron chi connectivity index (χ0n) is 10.8. The van der Waals surface area contributed by atoms with Crippen molar-refractivity contribution in [2.45, 2.75) is 35.8 Å². The van der Waals surface area contributed by atoms with Crippen molar-refractivity contribution in [3.8, 4) is 0 Å². The number of halogens is 2. The Bertz CT molecular complexity index is 648. The van der Waals surface area contributed by atoms with Crippen LogP contribution in [0.2, 0.25) is 0 Å². The fourth-order valence-corrected chi connectivity index (χ4v) is 4.70. The fraction of sp³-hybridized carbons (Fsp3) is 0.462. The van der Waals surface area contributed by atoms with Crippen LogP contribution in [0.25, 0.3) is 0 Å². The Morgan fingerprint density at radius 1 is 1.40 bits per heavy atom. The van der Waals surface area contributed by atoms with E-state index in [2.05, 4.69) is 0 Å². The zero-order valence-corrected chi connectivity index (χ0v) is 11.6. The summed E-state index contributed by atoms with van der Waals surface area (Å²) < 4.78 is 49.4. The molecular formula is C13H14F2O4S. The van der Waals surface area contributed by atoms with Crippen LogP contribution in [-0.4, -0.2) is 24.2 Å². The summed E-state index contributed by atoms with van der Waals surface area (Å²) in [6, 6.07) is 2.03. The van der Waals surface area contributed by atoms with Crippen LogP contribution in [0.5, 0.6) is 0 Å². The first-order valence-corrected chi connectivity index (χ1v) is 7.66. The van der Waals surface area contributed by atoms with Crippen molar-refractivity contribution in [1.29, 1.82) is 0 Å². The van der Waals surface area contributed by atoms with Gasteiger partial charge in [0.2, 0.25) is 0 Å². The van der Waals surface area contributed by atoms with Crippen LogP contribution in [0.15, 0.2) is 23.1 Å². The summed E-state index contributed by atoms with van der Waals surface area (Å²) in [7, 11) is -4.39. The number of carboxylic acid groups (broad SMARTS) is 1. The van der Waals surface area contributed by atoms with E-state index in [-0.39, 0.29) is 18.8 Å². The minimum atomic E-state index is -4.39. The average Bonchev–Trinajstić information content (AvgIpc) is 2.26. The maximum Gasteiger partial charge on any atom is 0.325 e. The van der Waals surface area contributed by atoms with Crippen molar-refractivity contribution < 1.29 is 27.1 Å². The molecule has 0 unspecified atom stereocenters. The number of benzene rings is 1. The summed E-state index contributed by atoms with van der Waals surface area (Å²) in [6.45, 7) is 1.83. The quantitative estimate of drug-likeness (QED) is 0.867. The van der Waals surface area contributed by atoms with Gasteiger partial charge in [-0.3, -0.25) is 4.79 Å². The summed E-state index contributed by atoms with van der Waals surface area (Å²) in [4.78, 5) is 10.6. The Morgan fingerprint density at radius 2 is 2.00 bits per heavy atom. The van der Waals surface area contributed by atoms with Crippen molar-refractivity contribution in [2.75, 3.05) is 0 Å². The lowest BCUT2D eigenvalue weighted by atomic mass is 9.73. The molecule has 1 aliphatic carbocycles. The van der Waals surface area contributed by atoms with Crippen LogP contribution >= 0.6 is 0 Å². The summed E-state index contributed by atoms with van der Waals surface area (Å²) >= 11 is 0. The third kappa shape index (κ3) is 2.00. The number of hydrogen-bond donors (Lipinski definition) is 1. The largest absolute Gasteiger partial charge is 0.480 e. The summed E-state index contributed by atoms with van der Waals surface area (Å²) in [5, 5.41) is 9.26. The van der Waals surface area contributed by atoms with Crippen molar-refractivity contribution in [3.63, 3.8) is 0 Å². The lowest BCUT2D eigenvalue weighted by molar-refractivity contribution is -0.144. The molecule has 1 aromatic carbocycles. The molecule has 20 heavy (non-hydrogen) atoms. The Kier molecular flexibility index (Phi) is 3.58. The molecule has 0 aromatic heterocycles. The molecule has 1 saturated carbocycles. The topological polar surface area (TPSA) is 71.4 Å². The zero-order chi connectivity index (χ0) is 15.1. The van der Waals surface area contributed by atoms with Gasteiger partial charge < -0.3 is 5.11 Å². The maximum absolute atomic E-state index is 13.7. The number of hydrogen-bond acceptors (Lipinski definition) is 3. The molecule has 0 spiro atoms. The predicted octanol–water partition coefficient (Wildman–Crippen LogP) is 2.38. The number of carbonyl (C=O) groups is 1. The van der Waals surface area contributed by atoms with E-state index < -0.39 is 37.1 Å². The molecule has 1 N–H and O–H groups in total. The van der Waals surface area contributed by atoms with E-state index in [0.29, 0.717) is 12.5 Å². The van der Waals surface area contributed by atoms with Gasteiger partial charge in [-0.1, -0.05) is 13.3 Å². The van der Waals surface area contributed by atoms with Crippen molar-refractivity contribution in [1.82, 2.24) is 0 Å². The van der Waals surface area contributed by atoms with Crippen LogP contribution in [-0.2, 0) is 14.6 Å². The molecule has 1 fully saturated rings. The Balaban J connectivity index is 2.51. The van der Waals surface area contributed by atoms with Crippen molar-refractivity contribution >= 4 is 15.8 Å². The Hall–Kier alpha value is -1.50. The predicted molar refractivity (Wildman–Crippen MR) is 66.9 cm³/mol. The van der Waals surface area contributed by atoms with Gasteiger partial charge in [0.05, 0.1) is 0 Å². The molecule has 2 rings (SSSR count). The van der Waals surface area contributed by atoms with Gasteiger partial charge in [0.15, 0.2) is 14.6 Å². The van der Waals surface area contributed by atoms with Gasteiger partial charge in [0, 0.05) is 6.07 Å². The number of aliphatic carboxylic acids is 1. The standard InChI is InChI=1S/C13H14F2O4S/c1-2-8-6-13(7-8,12(16)17)20(18,19)11-4-3-9(14)5-10(11)15/h3-5,8H,2,6-7H2,1H3,(H,16,17). The van der Waals surface area contributed by atoms with E-state index in [0.717, 1.165) is 12.1 Å². The number of carboxylic acids is 1. The SMILES string of the molecule is CCC1CC(C(=O)O)(S(=O)(=O)c2ccc(F)cc2F)C1. The average molecular weight is 304 g/mol. The molecule has 4 nitrogen and oxygen atoms in total. The van der Waals surface area contributed by atoms with E-state index in [1.54, 1.807) is 0 Å². The monoisotopic (exact) mass is 304 g/mol. The molecule has 0 amide bonds. The Labute approximate surface area is 115 Å². The maximum atomic E-state index is 13.7. The molecule has 0 bridgehead atoms. The van der Waals surface area contributed by atoms with Gasteiger partial charge >= 0.3 is 5.97 Å². The summed E-state index contributed by atoms with van der Waals surface area (Å²) in [5.41, 5.74) is 0. The van der Waals surface area contributed by atoms with Gasteiger partial charge in [-0.15, -0.1) is 0 Å². The molecular weight excluding hydrogens is 290 g/mol. The smallest absolute Gasteiger partial charge is 0.325 e. The molecule has 1 aliphatic rings. The molecule has 110 valence electrons. The van der Waals surface area contributed by atoms with Gasteiger partial charge in [0.1, 0.15) is 16.5 Å². The minimum absolute atomic E-state index is 0.00983. The van der Waals surface area contributed by atoms with Crippen LogP contribution in [0.1, 0.15) is 26.2 Å². The molecule has 0 saturated heterocycles. The molecule has 0 aliphatic heterocycles. The number of sulfone groups is 1. The van der Waals surface area contributed by atoms with E-state index in [4.69, 9.17) is 0 Å². The normalized spacial score (nSPS) is 26.1. The minimum Gasteiger partial charge on any atom is -0.480 e. The highest BCUT2D eigenvalue weighted by Crippen LogP contribution is 2.48. The third-order valence-electron chi connectivity index (χ3n) is 3.90. The van der Waals surface area contributed by atoms with Gasteiger partial charge in [-0.05, 0) is 30.9 Å². The highest BCUT2D eigenvalue weighted by atomic mass is 32.2. The summed E-state index contributed by atoms with van der Waals surface area (Å²) in [5.74, 6) is -3.66. The Morgan fingerprint density at radius 3 is 2.45 bits per heavy atom. The highest BCUT2D eigenvalue weighted by Gasteiger charge is 2.60.